The van der Waals surface area contributed by atoms with Gasteiger partial charge in [0, 0.05) is 23.2 Å². The standard InChI is InChI=1S/C10H11BrF3NO/c1-7-5-9(15-6-8(7)11)16-4-2-3-10(12,13)14/h5-6H,2-4H2,1H3. The van der Waals surface area contributed by atoms with E-state index in [0.717, 1.165) is 10.0 Å². The number of rotatable bonds is 4. The van der Waals surface area contributed by atoms with Crippen LogP contribution in [0.25, 0.3) is 0 Å². The van der Waals surface area contributed by atoms with E-state index in [1.807, 2.05) is 6.92 Å². The van der Waals surface area contributed by atoms with Crippen molar-refractivity contribution in [1.29, 1.82) is 0 Å². The summed E-state index contributed by atoms with van der Waals surface area (Å²) in [5, 5.41) is 0. The van der Waals surface area contributed by atoms with Gasteiger partial charge in [-0.3, -0.25) is 0 Å². The molecule has 0 bridgehead atoms. The number of hydrogen-bond donors (Lipinski definition) is 0. The molecule has 0 atom stereocenters. The largest absolute Gasteiger partial charge is 0.478 e. The minimum absolute atomic E-state index is 0.0214. The lowest BCUT2D eigenvalue weighted by Gasteiger charge is -2.08. The minimum Gasteiger partial charge on any atom is -0.478 e. The van der Waals surface area contributed by atoms with Gasteiger partial charge in [0.2, 0.25) is 5.88 Å². The number of ether oxygens (including phenoxy) is 1. The van der Waals surface area contributed by atoms with E-state index in [1.165, 1.54) is 0 Å². The van der Waals surface area contributed by atoms with Crippen molar-refractivity contribution >= 4 is 15.9 Å². The van der Waals surface area contributed by atoms with Gasteiger partial charge in [-0.2, -0.15) is 13.2 Å². The van der Waals surface area contributed by atoms with Gasteiger partial charge in [-0.1, -0.05) is 0 Å². The summed E-state index contributed by atoms with van der Waals surface area (Å²) in [4.78, 5) is 3.92. The molecule has 2 nitrogen and oxygen atoms in total. The Morgan fingerprint density at radius 1 is 1.44 bits per heavy atom. The van der Waals surface area contributed by atoms with Crippen molar-refractivity contribution in [2.24, 2.45) is 0 Å². The fraction of sp³-hybridized carbons (Fsp3) is 0.500. The molecule has 0 radical (unpaired) electrons. The van der Waals surface area contributed by atoms with Gasteiger partial charge in [0.1, 0.15) is 0 Å². The molecule has 0 saturated carbocycles. The van der Waals surface area contributed by atoms with E-state index in [-0.39, 0.29) is 13.0 Å². The summed E-state index contributed by atoms with van der Waals surface area (Å²) in [6.07, 6.45) is -3.44. The lowest BCUT2D eigenvalue weighted by atomic mass is 10.3. The van der Waals surface area contributed by atoms with Gasteiger partial charge < -0.3 is 4.74 Å². The quantitative estimate of drug-likeness (QED) is 0.787. The molecule has 1 aromatic heterocycles. The van der Waals surface area contributed by atoms with E-state index in [4.69, 9.17) is 4.74 Å². The van der Waals surface area contributed by atoms with Crippen LogP contribution < -0.4 is 4.74 Å². The SMILES string of the molecule is Cc1cc(OCCCC(F)(F)F)ncc1Br. The third-order valence-electron chi connectivity index (χ3n) is 1.88. The number of nitrogens with zero attached hydrogens (tertiary/aromatic N) is 1. The van der Waals surface area contributed by atoms with Gasteiger partial charge in [-0.15, -0.1) is 0 Å². The lowest BCUT2D eigenvalue weighted by Crippen LogP contribution is -2.10. The molecule has 1 rings (SSSR count). The second kappa shape index (κ2) is 5.52. The van der Waals surface area contributed by atoms with Crippen LogP contribution in [0.3, 0.4) is 0 Å². The van der Waals surface area contributed by atoms with Crippen LogP contribution in [0.15, 0.2) is 16.7 Å². The molecule has 0 N–H and O–H groups in total. The topological polar surface area (TPSA) is 22.1 Å². The van der Waals surface area contributed by atoms with Gasteiger partial charge in [0.15, 0.2) is 0 Å². The lowest BCUT2D eigenvalue weighted by molar-refractivity contribution is -0.136. The molecular formula is C10H11BrF3NO. The Bertz CT molecular complexity index is 354. The third-order valence-corrected chi connectivity index (χ3v) is 2.71. The van der Waals surface area contributed by atoms with Gasteiger partial charge in [0.25, 0.3) is 0 Å². The van der Waals surface area contributed by atoms with Crippen LogP contribution in [0.2, 0.25) is 0 Å². The predicted molar refractivity (Wildman–Crippen MR) is 57.5 cm³/mol. The first kappa shape index (κ1) is 13.3. The molecule has 0 aromatic carbocycles. The van der Waals surface area contributed by atoms with E-state index in [2.05, 4.69) is 20.9 Å². The highest BCUT2D eigenvalue weighted by atomic mass is 79.9. The highest BCUT2D eigenvalue weighted by molar-refractivity contribution is 9.10. The molecule has 1 heterocycles. The Labute approximate surface area is 100.0 Å². The van der Waals surface area contributed by atoms with Crippen molar-refractivity contribution in [2.45, 2.75) is 25.9 Å². The summed E-state index contributed by atoms with van der Waals surface area (Å²) in [5.74, 6) is 0.350. The fourth-order valence-electron chi connectivity index (χ4n) is 1.04. The molecule has 1 aromatic rings. The van der Waals surface area contributed by atoms with Crippen LogP contribution in [0.4, 0.5) is 13.2 Å². The van der Waals surface area contributed by atoms with Crippen LogP contribution in [0.5, 0.6) is 5.88 Å². The summed E-state index contributed by atoms with van der Waals surface area (Å²) in [6.45, 7) is 1.88. The average molecular weight is 298 g/mol. The monoisotopic (exact) mass is 297 g/mol. The van der Waals surface area contributed by atoms with Crippen LogP contribution in [-0.2, 0) is 0 Å². The Morgan fingerprint density at radius 2 is 2.12 bits per heavy atom. The second-order valence-corrected chi connectivity index (χ2v) is 4.19. The molecule has 0 fully saturated rings. The van der Waals surface area contributed by atoms with Crippen LogP contribution >= 0.6 is 15.9 Å². The smallest absolute Gasteiger partial charge is 0.389 e. The summed E-state index contributed by atoms with van der Waals surface area (Å²) in [5.41, 5.74) is 0.931. The maximum absolute atomic E-state index is 11.8. The predicted octanol–water partition coefficient (Wildman–Crippen LogP) is 3.87. The van der Waals surface area contributed by atoms with Crippen LogP contribution in [0, 0.1) is 6.92 Å². The number of alkyl halides is 3. The van der Waals surface area contributed by atoms with Crippen molar-refractivity contribution in [3.05, 3.63) is 22.3 Å². The van der Waals surface area contributed by atoms with Gasteiger partial charge in [0.05, 0.1) is 6.61 Å². The van der Waals surface area contributed by atoms with E-state index >= 15 is 0 Å². The molecule has 0 aliphatic heterocycles. The normalized spacial score (nSPS) is 11.6. The van der Waals surface area contributed by atoms with Gasteiger partial charge >= 0.3 is 6.18 Å². The van der Waals surface area contributed by atoms with E-state index < -0.39 is 12.6 Å². The third kappa shape index (κ3) is 4.83. The van der Waals surface area contributed by atoms with E-state index in [1.54, 1.807) is 12.3 Å². The summed E-state index contributed by atoms with van der Waals surface area (Å²) < 4.78 is 41.4. The summed E-state index contributed by atoms with van der Waals surface area (Å²) >= 11 is 3.27. The Kier molecular flexibility index (Phi) is 4.58. The molecule has 0 aliphatic carbocycles. The van der Waals surface area contributed by atoms with Crippen LogP contribution in [0.1, 0.15) is 18.4 Å². The summed E-state index contributed by atoms with van der Waals surface area (Å²) in [6, 6.07) is 1.68. The first-order chi connectivity index (χ1) is 7.38. The molecule has 0 saturated heterocycles. The maximum Gasteiger partial charge on any atom is 0.389 e. The van der Waals surface area contributed by atoms with E-state index in [9.17, 15) is 13.2 Å². The zero-order valence-corrected chi connectivity index (χ0v) is 10.2. The van der Waals surface area contributed by atoms with Crippen molar-refractivity contribution < 1.29 is 17.9 Å². The Balaban J connectivity index is 2.35. The summed E-state index contributed by atoms with van der Waals surface area (Å²) in [7, 11) is 0. The zero-order valence-electron chi connectivity index (χ0n) is 8.64. The van der Waals surface area contributed by atoms with Crippen molar-refractivity contribution in [3.8, 4) is 5.88 Å². The average Bonchev–Trinajstić information content (AvgIpc) is 2.17. The molecule has 6 heteroatoms. The van der Waals surface area contributed by atoms with Crippen LogP contribution in [-0.4, -0.2) is 17.8 Å². The molecule has 0 aliphatic rings. The molecule has 16 heavy (non-hydrogen) atoms. The number of aryl methyl sites for hydroxylation is 1. The molecule has 0 unspecified atom stereocenters. The van der Waals surface area contributed by atoms with E-state index in [0.29, 0.717) is 5.88 Å². The molecular weight excluding hydrogens is 287 g/mol. The van der Waals surface area contributed by atoms with Crippen molar-refractivity contribution in [1.82, 2.24) is 4.98 Å². The van der Waals surface area contributed by atoms with Crippen molar-refractivity contribution in [3.63, 3.8) is 0 Å². The zero-order chi connectivity index (χ0) is 12.2. The molecule has 0 spiro atoms. The highest BCUT2D eigenvalue weighted by Gasteiger charge is 2.26. The first-order valence-electron chi connectivity index (χ1n) is 4.70. The number of aromatic nitrogens is 1. The molecule has 0 amide bonds. The first-order valence-corrected chi connectivity index (χ1v) is 5.49. The number of halogens is 4. The molecule has 90 valence electrons. The highest BCUT2D eigenvalue weighted by Crippen LogP contribution is 2.22. The maximum atomic E-state index is 11.8. The minimum atomic E-state index is -4.12. The number of hydrogen-bond acceptors (Lipinski definition) is 2. The van der Waals surface area contributed by atoms with Gasteiger partial charge in [-0.05, 0) is 34.8 Å². The van der Waals surface area contributed by atoms with Gasteiger partial charge in [-0.25, -0.2) is 4.98 Å². The number of pyridine rings is 1. The Morgan fingerprint density at radius 3 is 2.69 bits per heavy atom. The second-order valence-electron chi connectivity index (χ2n) is 3.34. The fourth-order valence-corrected chi connectivity index (χ4v) is 1.26. The Hall–Kier alpha value is -0.780. The van der Waals surface area contributed by atoms with Crippen molar-refractivity contribution in [2.75, 3.05) is 6.61 Å².